The topological polar surface area (TPSA) is 63.3 Å². The summed E-state index contributed by atoms with van der Waals surface area (Å²) in [6, 6.07) is 3.72. The van der Waals surface area contributed by atoms with E-state index in [1.165, 1.54) is 6.42 Å². The van der Waals surface area contributed by atoms with Gasteiger partial charge in [0.1, 0.15) is 0 Å². The van der Waals surface area contributed by atoms with Gasteiger partial charge in [-0.3, -0.25) is 9.98 Å². The zero-order valence-electron chi connectivity index (χ0n) is 11.3. The first kappa shape index (κ1) is 14.6. The molecule has 20 heavy (non-hydrogen) atoms. The number of rotatable bonds is 5. The molecule has 106 valence electrons. The van der Waals surface area contributed by atoms with Gasteiger partial charge in [0.25, 0.3) is 0 Å². The highest BCUT2D eigenvalue weighted by Crippen LogP contribution is 2.45. The van der Waals surface area contributed by atoms with Crippen molar-refractivity contribution < 1.29 is 0 Å². The van der Waals surface area contributed by atoms with E-state index in [0.29, 0.717) is 17.5 Å². The molecular weight excluding hydrogens is 272 g/mol. The minimum absolute atomic E-state index is 0.0627. The molecule has 1 saturated carbocycles. The van der Waals surface area contributed by atoms with E-state index >= 15 is 0 Å². The first-order valence-corrected chi connectivity index (χ1v) is 7.01. The normalized spacial score (nSPS) is 17.8. The van der Waals surface area contributed by atoms with Crippen LogP contribution in [0, 0.1) is 0 Å². The second-order valence-corrected chi connectivity index (χ2v) is 5.32. The Kier molecular flexibility index (Phi) is 4.79. The fourth-order valence-electron chi connectivity index (χ4n) is 2.33. The average Bonchev–Trinajstić information content (AvgIpc) is 2.40. The molecule has 0 aliphatic heterocycles. The van der Waals surface area contributed by atoms with E-state index in [1.54, 1.807) is 24.5 Å². The van der Waals surface area contributed by atoms with Gasteiger partial charge in [0.2, 0.25) is 0 Å². The number of pyridine rings is 1. The molecule has 0 amide bonds. The maximum Gasteiger partial charge on any atom is 0.192 e. The van der Waals surface area contributed by atoms with Crippen LogP contribution >= 0.6 is 11.6 Å². The molecule has 3 N–H and O–H groups in total. The van der Waals surface area contributed by atoms with Crippen LogP contribution in [-0.2, 0) is 5.41 Å². The van der Waals surface area contributed by atoms with E-state index in [4.69, 9.17) is 17.3 Å². The van der Waals surface area contributed by atoms with Gasteiger partial charge in [0.05, 0.1) is 17.3 Å². The lowest BCUT2D eigenvalue weighted by Crippen LogP contribution is -2.40. The summed E-state index contributed by atoms with van der Waals surface area (Å²) >= 11 is 6.26. The van der Waals surface area contributed by atoms with Gasteiger partial charge in [-0.05, 0) is 31.1 Å². The van der Waals surface area contributed by atoms with Crippen molar-refractivity contribution in [2.75, 3.05) is 6.54 Å². The first-order chi connectivity index (χ1) is 9.68. The zero-order chi connectivity index (χ0) is 14.4. The van der Waals surface area contributed by atoms with Gasteiger partial charge in [-0.1, -0.05) is 30.7 Å². The summed E-state index contributed by atoms with van der Waals surface area (Å²) in [5, 5.41) is 3.60. The van der Waals surface area contributed by atoms with Crippen molar-refractivity contribution in [1.82, 2.24) is 10.3 Å². The number of allylic oxidation sites excluding steroid dienone is 2. The molecule has 4 nitrogen and oxygen atoms in total. The molecule has 0 unspecified atom stereocenters. The van der Waals surface area contributed by atoms with Gasteiger partial charge in [-0.25, -0.2) is 0 Å². The Morgan fingerprint density at radius 1 is 1.60 bits per heavy atom. The van der Waals surface area contributed by atoms with Crippen molar-refractivity contribution in [3.8, 4) is 0 Å². The minimum Gasteiger partial charge on any atom is -0.370 e. The molecule has 1 aliphatic rings. The highest BCUT2D eigenvalue weighted by atomic mass is 35.5. The summed E-state index contributed by atoms with van der Waals surface area (Å²) in [6.07, 6.45) is 10.2. The molecule has 1 aromatic rings. The van der Waals surface area contributed by atoms with Crippen LogP contribution in [0.4, 0.5) is 0 Å². The number of guanidine groups is 1. The van der Waals surface area contributed by atoms with Crippen molar-refractivity contribution in [3.05, 3.63) is 54.0 Å². The van der Waals surface area contributed by atoms with Crippen LogP contribution in [0.25, 0.3) is 0 Å². The summed E-state index contributed by atoms with van der Waals surface area (Å²) in [5.41, 5.74) is 6.69. The quantitative estimate of drug-likeness (QED) is 0.498. The van der Waals surface area contributed by atoms with Crippen LogP contribution in [-0.4, -0.2) is 17.5 Å². The molecule has 0 aromatic carbocycles. The molecule has 2 rings (SSSR count). The van der Waals surface area contributed by atoms with E-state index in [-0.39, 0.29) is 5.41 Å². The maximum atomic E-state index is 6.26. The van der Waals surface area contributed by atoms with E-state index in [2.05, 4.69) is 21.9 Å². The molecule has 0 bridgehead atoms. The molecule has 0 radical (unpaired) electrons. The van der Waals surface area contributed by atoms with Crippen molar-refractivity contribution in [2.45, 2.75) is 24.7 Å². The van der Waals surface area contributed by atoms with Crippen LogP contribution in [0.3, 0.4) is 0 Å². The van der Waals surface area contributed by atoms with Crippen LogP contribution in [0.2, 0.25) is 5.02 Å². The van der Waals surface area contributed by atoms with Gasteiger partial charge in [-0.15, -0.1) is 0 Å². The molecule has 0 spiro atoms. The summed E-state index contributed by atoms with van der Waals surface area (Å²) in [7, 11) is 0. The monoisotopic (exact) mass is 290 g/mol. The average molecular weight is 291 g/mol. The van der Waals surface area contributed by atoms with E-state index in [0.717, 1.165) is 18.5 Å². The van der Waals surface area contributed by atoms with Crippen molar-refractivity contribution in [3.63, 3.8) is 0 Å². The number of hydrogen-bond donors (Lipinski definition) is 2. The Bertz CT molecular complexity index is 532. The van der Waals surface area contributed by atoms with Gasteiger partial charge in [0, 0.05) is 17.8 Å². The van der Waals surface area contributed by atoms with Gasteiger partial charge in [-0.2, -0.15) is 0 Å². The molecular formula is C15H19ClN4. The molecule has 1 aliphatic carbocycles. The fourth-order valence-corrected chi connectivity index (χ4v) is 2.65. The SMILES string of the molecule is C=C/C=C\NC(N)=NCC1(c2ncccc2Cl)CCC1. The second kappa shape index (κ2) is 6.57. The molecule has 0 saturated heterocycles. The standard InChI is InChI=1S/C15H19ClN4/c1-2-3-9-19-14(17)20-11-15(7-5-8-15)13-12(16)6-4-10-18-13/h2-4,6,9-10H,1,5,7-8,11H2,(H3,17,19,20)/b9-3-. The first-order valence-electron chi connectivity index (χ1n) is 6.63. The fraction of sp³-hybridized carbons (Fsp3) is 0.333. The summed E-state index contributed by atoms with van der Waals surface area (Å²) in [4.78, 5) is 8.84. The van der Waals surface area contributed by atoms with Crippen LogP contribution < -0.4 is 11.1 Å². The van der Waals surface area contributed by atoms with Crippen molar-refractivity contribution >= 4 is 17.6 Å². The van der Waals surface area contributed by atoms with Gasteiger partial charge >= 0.3 is 0 Å². The molecule has 1 aromatic heterocycles. The molecule has 0 atom stereocenters. The number of aliphatic imine (C=N–C) groups is 1. The Balaban J connectivity index is 2.09. The predicted molar refractivity (Wildman–Crippen MR) is 83.7 cm³/mol. The Hall–Kier alpha value is -1.81. The number of nitrogens with zero attached hydrogens (tertiary/aromatic N) is 2. The van der Waals surface area contributed by atoms with Gasteiger partial charge < -0.3 is 11.1 Å². The summed E-state index contributed by atoms with van der Waals surface area (Å²) in [6.45, 7) is 4.19. The number of halogens is 1. The molecule has 5 heteroatoms. The third kappa shape index (κ3) is 3.20. The number of nitrogens with two attached hydrogens (primary N) is 1. The van der Waals surface area contributed by atoms with Crippen LogP contribution in [0.5, 0.6) is 0 Å². The summed E-state index contributed by atoms with van der Waals surface area (Å²) in [5.74, 6) is 0.390. The Labute approximate surface area is 124 Å². The largest absolute Gasteiger partial charge is 0.370 e. The highest BCUT2D eigenvalue weighted by Gasteiger charge is 2.41. The minimum atomic E-state index is -0.0627. The third-order valence-corrected chi connectivity index (χ3v) is 3.89. The lowest BCUT2D eigenvalue weighted by atomic mass is 9.66. The van der Waals surface area contributed by atoms with E-state index in [9.17, 15) is 0 Å². The number of hydrogen-bond acceptors (Lipinski definition) is 2. The smallest absolute Gasteiger partial charge is 0.192 e. The third-order valence-electron chi connectivity index (χ3n) is 3.59. The Morgan fingerprint density at radius 2 is 2.40 bits per heavy atom. The molecule has 1 fully saturated rings. The predicted octanol–water partition coefficient (Wildman–Crippen LogP) is 2.76. The van der Waals surface area contributed by atoms with Gasteiger partial charge in [0.15, 0.2) is 5.96 Å². The molecule has 1 heterocycles. The van der Waals surface area contributed by atoms with E-state index in [1.807, 2.05) is 12.1 Å². The number of nitrogens with one attached hydrogen (secondary N) is 1. The lowest BCUT2D eigenvalue weighted by molar-refractivity contribution is 0.246. The lowest BCUT2D eigenvalue weighted by Gasteiger charge is -2.40. The summed E-state index contributed by atoms with van der Waals surface area (Å²) < 4.78 is 0. The highest BCUT2D eigenvalue weighted by molar-refractivity contribution is 6.31. The second-order valence-electron chi connectivity index (χ2n) is 4.91. The number of aromatic nitrogens is 1. The van der Waals surface area contributed by atoms with Crippen LogP contribution in [0.1, 0.15) is 25.0 Å². The van der Waals surface area contributed by atoms with E-state index < -0.39 is 0 Å². The zero-order valence-corrected chi connectivity index (χ0v) is 12.1. The van der Waals surface area contributed by atoms with Crippen molar-refractivity contribution in [1.29, 1.82) is 0 Å². The van der Waals surface area contributed by atoms with Crippen molar-refractivity contribution in [2.24, 2.45) is 10.7 Å². The maximum absolute atomic E-state index is 6.26. The van der Waals surface area contributed by atoms with Crippen LogP contribution in [0.15, 0.2) is 48.3 Å². The Morgan fingerprint density at radius 3 is 3.00 bits per heavy atom.